The summed E-state index contributed by atoms with van der Waals surface area (Å²) in [5.41, 5.74) is 5.60. The van der Waals surface area contributed by atoms with Crippen molar-refractivity contribution in [2.24, 2.45) is 11.7 Å². The normalized spacial score (nSPS) is 15.4. The smallest absolute Gasteiger partial charge is 0.331 e. The van der Waals surface area contributed by atoms with Gasteiger partial charge in [0, 0.05) is 18.0 Å². The van der Waals surface area contributed by atoms with Crippen LogP contribution in [0.2, 0.25) is 0 Å². The fraction of sp³-hybridized carbons (Fsp3) is 0.923. The number of carbonyl (C=O) groups is 1. The van der Waals surface area contributed by atoms with Gasteiger partial charge in [-0.1, -0.05) is 13.3 Å². The fourth-order valence-corrected chi connectivity index (χ4v) is 1.86. The van der Waals surface area contributed by atoms with Crippen LogP contribution in [0.15, 0.2) is 0 Å². The zero-order chi connectivity index (χ0) is 15.2. The van der Waals surface area contributed by atoms with Gasteiger partial charge in [0.1, 0.15) is 6.54 Å². The van der Waals surface area contributed by atoms with Crippen molar-refractivity contribution in [3.05, 3.63) is 0 Å². The van der Waals surface area contributed by atoms with Crippen LogP contribution in [0, 0.1) is 5.92 Å². The minimum Gasteiger partial charge on any atom is -0.331 e. The lowest BCUT2D eigenvalue weighted by Crippen LogP contribution is -2.45. The molecule has 0 spiro atoms. The van der Waals surface area contributed by atoms with Crippen LogP contribution in [0.5, 0.6) is 0 Å². The molecule has 0 fully saturated rings. The molecule has 0 aliphatic carbocycles. The molecule has 0 heterocycles. The summed E-state index contributed by atoms with van der Waals surface area (Å²) in [5.74, 6) is -0.833. The van der Waals surface area contributed by atoms with Gasteiger partial charge in [0.25, 0.3) is 0 Å². The summed E-state index contributed by atoms with van der Waals surface area (Å²) in [7, 11) is 0. The van der Waals surface area contributed by atoms with E-state index in [0.717, 1.165) is 17.7 Å². The standard InChI is InChI=1S/C13H25F3N2O/c1-9(2)18(8-13(14,15)16)12(19)10(3)6-5-7-11(4)17/h9-11H,5-8,17H2,1-4H3. The number of amides is 1. The number of hydrogen-bond donors (Lipinski definition) is 1. The predicted molar refractivity (Wildman–Crippen MR) is 69.6 cm³/mol. The van der Waals surface area contributed by atoms with Crippen LogP contribution in [0.4, 0.5) is 13.2 Å². The number of hydrogen-bond acceptors (Lipinski definition) is 2. The van der Waals surface area contributed by atoms with Crippen molar-refractivity contribution in [1.29, 1.82) is 0 Å². The maximum atomic E-state index is 12.4. The largest absolute Gasteiger partial charge is 0.406 e. The first-order chi connectivity index (χ1) is 8.54. The van der Waals surface area contributed by atoms with Crippen LogP contribution in [0.25, 0.3) is 0 Å². The van der Waals surface area contributed by atoms with E-state index in [1.54, 1.807) is 20.8 Å². The summed E-state index contributed by atoms with van der Waals surface area (Å²) in [5, 5.41) is 0. The lowest BCUT2D eigenvalue weighted by Gasteiger charge is -2.30. The first-order valence-corrected chi connectivity index (χ1v) is 6.67. The number of nitrogens with zero attached hydrogens (tertiary/aromatic N) is 1. The van der Waals surface area contributed by atoms with E-state index in [1.807, 2.05) is 6.92 Å². The Morgan fingerprint density at radius 2 is 1.68 bits per heavy atom. The van der Waals surface area contributed by atoms with Crippen LogP contribution in [-0.2, 0) is 4.79 Å². The van der Waals surface area contributed by atoms with Crippen molar-refractivity contribution in [1.82, 2.24) is 4.90 Å². The zero-order valence-electron chi connectivity index (χ0n) is 12.1. The van der Waals surface area contributed by atoms with Crippen molar-refractivity contribution in [3.63, 3.8) is 0 Å². The van der Waals surface area contributed by atoms with E-state index in [1.165, 1.54) is 0 Å². The average Bonchev–Trinajstić information content (AvgIpc) is 2.22. The molecule has 2 atom stereocenters. The van der Waals surface area contributed by atoms with E-state index in [2.05, 4.69) is 0 Å². The average molecular weight is 282 g/mol. The molecule has 19 heavy (non-hydrogen) atoms. The second-order valence-corrected chi connectivity index (χ2v) is 5.48. The monoisotopic (exact) mass is 282 g/mol. The number of nitrogens with two attached hydrogens (primary N) is 1. The van der Waals surface area contributed by atoms with Gasteiger partial charge in [0.2, 0.25) is 5.91 Å². The van der Waals surface area contributed by atoms with Gasteiger partial charge >= 0.3 is 6.18 Å². The Bertz CT molecular complexity index is 278. The van der Waals surface area contributed by atoms with Crippen LogP contribution < -0.4 is 5.73 Å². The van der Waals surface area contributed by atoms with E-state index >= 15 is 0 Å². The summed E-state index contributed by atoms with van der Waals surface area (Å²) >= 11 is 0. The van der Waals surface area contributed by atoms with Gasteiger partial charge in [0.05, 0.1) is 0 Å². The third-order valence-electron chi connectivity index (χ3n) is 2.97. The number of rotatable bonds is 7. The first kappa shape index (κ1) is 18.2. The second-order valence-electron chi connectivity index (χ2n) is 5.48. The molecular weight excluding hydrogens is 257 g/mol. The van der Waals surface area contributed by atoms with Crippen molar-refractivity contribution in [3.8, 4) is 0 Å². The highest BCUT2D eigenvalue weighted by Crippen LogP contribution is 2.21. The van der Waals surface area contributed by atoms with E-state index < -0.39 is 30.6 Å². The fourth-order valence-electron chi connectivity index (χ4n) is 1.86. The molecule has 0 saturated carbocycles. The summed E-state index contributed by atoms with van der Waals surface area (Å²) in [4.78, 5) is 12.9. The Morgan fingerprint density at radius 3 is 2.05 bits per heavy atom. The summed E-state index contributed by atoms with van der Waals surface area (Å²) in [6, 6.07) is -0.399. The van der Waals surface area contributed by atoms with Gasteiger partial charge in [-0.3, -0.25) is 4.79 Å². The number of halogens is 3. The lowest BCUT2D eigenvalue weighted by molar-refractivity contribution is -0.167. The first-order valence-electron chi connectivity index (χ1n) is 6.67. The molecule has 0 aliphatic rings. The van der Waals surface area contributed by atoms with Gasteiger partial charge in [-0.2, -0.15) is 13.2 Å². The van der Waals surface area contributed by atoms with Gasteiger partial charge < -0.3 is 10.6 Å². The molecule has 0 rings (SSSR count). The molecule has 0 aromatic rings. The highest BCUT2D eigenvalue weighted by molar-refractivity contribution is 5.78. The highest BCUT2D eigenvalue weighted by atomic mass is 19.4. The van der Waals surface area contributed by atoms with Gasteiger partial charge in [-0.15, -0.1) is 0 Å². The van der Waals surface area contributed by atoms with Gasteiger partial charge in [-0.25, -0.2) is 0 Å². The molecule has 0 aromatic heterocycles. The van der Waals surface area contributed by atoms with E-state index in [9.17, 15) is 18.0 Å². The minimum absolute atomic E-state index is 0.0543. The molecule has 6 heteroatoms. The van der Waals surface area contributed by atoms with Crippen LogP contribution >= 0.6 is 0 Å². The molecule has 114 valence electrons. The Hall–Kier alpha value is -0.780. The minimum atomic E-state index is -4.36. The third kappa shape index (κ3) is 8.08. The summed E-state index contributed by atoms with van der Waals surface area (Å²) < 4.78 is 37.3. The molecule has 3 nitrogen and oxygen atoms in total. The quantitative estimate of drug-likeness (QED) is 0.780. The van der Waals surface area contributed by atoms with Crippen LogP contribution in [-0.4, -0.2) is 35.6 Å². The third-order valence-corrected chi connectivity index (χ3v) is 2.97. The maximum Gasteiger partial charge on any atom is 0.406 e. The second kappa shape index (κ2) is 7.72. The number of carbonyl (C=O) groups excluding carboxylic acids is 1. The number of alkyl halides is 3. The van der Waals surface area contributed by atoms with Crippen LogP contribution in [0.1, 0.15) is 47.0 Å². The summed E-state index contributed by atoms with van der Waals surface area (Å²) in [6.07, 6.45) is -2.26. The maximum absolute atomic E-state index is 12.4. The van der Waals surface area contributed by atoms with Crippen molar-refractivity contribution >= 4 is 5.91 Å². The Labute approximate surface area is 113 Å². The SMILES string of the molecule is CC(N)CCCC(C)C(=O)N(CC(F)(F)F)C(C)C. The molecule has 0 aliphatic heterocycles. The van der Waals surface area contributed by atoms with Crippen molar-refractivity contribution in [2.45, 2.75) is 65.2 Å². The van der Waals surface area contributed by atoms with E-state index in [0.29, 0.717) is 6.42 Å². The summed E-state index contributed by atoms with van der Waals surface area (Å²) in [6.45, 7) is 5.56. The molecule has 0 saturated heterocycles. The molecule has 1 amide bonds. The molecule has 0 radical (unpaired) electrons. The Kier molecular flexibility index (Phi) is 7.41. The van der Waals surface area contributed by atoms with Gasteiger partial charge in [0.15, 0.2) is 0 Å². The highest BCUT2D eigenvalue weighted by Gasteiger charge is 2.35. The molecular formula is C13H25F3N2O. The molecule has 0 bridgehead atoms. The van der Waals surface area contributed by atoms with Gasteiger partial charge in [-0.05, 0) is 33.6 Å². The molecule has 0 aromatic carbocycles. The molecule has 2 N–H and O–H groups in total. The van der Waals surface area contributed by atoms with E-state index in [-0.39, 0.29) is 6.04 Å². The van der Waals surface area contributed by atoms with Crippen molar-refractivity contribution in [2.75, 3.05) is 6.54 Å². The Balaban J connectivity index is 4.46. The zero-order valence-corrected chi connectivity index (χ0v) is 12.1. The topological polar surface area (TPSA) is 46.3 Å². The predicted octanol–water partition coefficient (Wildman–Crippen LogP) is 2.94. The lowest BCUT2D eigenvalue weighted by atomic mass is 10.00. The van der Waals surface area contributed by atoms with E-state index in [4.69, 9.17) is 5.73 Å². The van der Waals surface area contributed by atoms with Crippen LogP contribution in [0.3, 0.4) is 0 Å². The Morgan fingerprint density at radius 1 is 1.16 bits per heavy atom. The van der Waals surface area contributed by atoms with Crippen molar-refractivity contribution < 1.29 is 18.0 Å². The molecule has 2 unspecified atom stereocenters.